The number of alkyl carbamates (subject to hydrolysis) is 1. The quantitative estimate of drug-likeness (QED) is 0.599. The van der Waals surface area contributed by atoms with Crippen molar-refractivity contribution in [2.45, 2.75) is 77.9 Å². The van der Waals surface area contributed by atoms with Crippen LogP contribution < -0.4 is 5.32 Å². The molecule has 1 aliphatic rings. The summed E-state index contributed by atoms with van der Waals surface area (Å²) in [5, 5.41) is 2.60. The lowest BCUT2D eigenvalue weighted by atomic mass is 9.83. The summed E-state index contributed by atoms with van der Waals surface area (Å²) in [5.41, 5.74) is -0.651. The molecule has 6 nitrogen and oxygen atoms in total. The molecule has 1 aliphatic carbocycles. The average molecular weight is 327 g/mol. The van der Waals surface area contributed by atoms with Crippen molar-refractivity contribution < 1.29 is 23.9 Å². The molecule has 0 saturated heterocycles. The van der Waals surface area contributed by atoms with E-state index in [1.807, 2.05) is 6.92 Å². The maximum absolute atomic E-state index is 12.4. The molecule has 0 unspecified atom stereocenters. The fraction of sp³-hybridized carbons (Fsp3) is 0.824. The van der Waals surface area contributed by atoms with Gasteiger partial charge in [-0.3, -0.25) is 4.79 Å². The number of ketones is 1. The van der Waals surface area contributed by atoms with Crippen LogP contribution in [0.5, 0.6) is 0 Å². The monoisotopic (exact) mass is 327 g/mol. The zero-order valence-electron chi connectivity index (χ0n) is 14.6. The predicted octanol–water partition coefficient (Wildman–Crippen LogP) is 2.98. The number of esters is 1. The van der Waals surface area contributed by atoms with Crippen molar-refractivity contribution in [3.8, 4) is 0 Å². The highest BCUT2D eigenvalue weighted by molar-refractivity contribution is 5.84. The second-order valence-electron chi connectivity index (χ2n) is 7.04. The highest BCUT2D eigenvalue weighted by atomic mass is 16.6. The number of rotatable bonds is 6. The minimum Gasteiger partial charge on any atom is -0.458 e. The van der Waals surface area contributed by atoms with Gasteiger partial charge in [-0.2, -0.15) is 0 Å². The van der Waals surface area contributed by atoms with E-state index in [0.717, 1.165) is 19.3 Å². The first-order valence-corrected chi connectivity index (χ1v) is 8.40. The minimum absolute atomic E-state index is 0.121. The summed E-state index contributed by atoms with van der Waals surface area (Å²) in [5.74, 6) is -0.620. The summed E-state index contributed by atoms with van der Waals surface area (Å²) < 4.78 is 10.5. The Bertz CT molecular complexity index is 427. The van der Waals surface area contributed by atoms with Crippen LogP contribution in [-0.4, -0.2) is 36.1 Å². The third-order valence-electron chi connectivity index (χ3n) is 3.66. The molecule has 1 rings (SSSR count). The number of carbonyl (C=O) groups excluding carboxylic acids is 3. The fourth-order valence-corrected chi connectivity index (χ4v) is 2.55. The van der Waals surface area contributed by atoms with Gasteiger partial charge in [-0.25, -0.2) is 9.59 Å². The van der Waals surface area contributed by atoms with Gasteiger partial charge in [-0.1, -0.05) is 13.3 Å². The molecule has 6 heteroatoms. The Kier molecular flexibility index (Phi) is 7.52. The zero-order valence-corrected chi connectivity index (χ0v) is 14.6. The fourth-order valence-electron chi connectivity index (χ4n) is 2.55. The Morgan fingerprint density at radius 3 is 2.61 bits per heavy atom. The van der Waals surface area contributed by atoms with Gasteiger partial charge in [0.2, 0.25) is 0 Å². The first-order valence-electron chi connectivity index (χ1n) is 8.40. The Balaban J connectivity index is 2.73. The number of ether oxygens (including phenoxy) is 2. The smallest absolute Gasteiger partial charge is 0.407 e. The molecule has 0 bridgehead atoms. The Morgan fingerprint density at radius 2 is 2.04 bits per heavy atom. The van der Waals surface area contributed by atoms with Gasteiger partial charge in [0, 0.05) is 12.8 Å². The van der Waals surface area contributed by atoms with E-state index in [1.54, 1.807) is 20.8 Å². The standard InChI is InChI=1S/C17H29NO5/c1-5-6-10-22-16(21)18-14(15(20)23-17(2,3)4)12-8-7-9-13(19)11-12/h12,14H,5-11H2,1-4H3,(H,18,21)/t12-,14-/m0/s1. The summed E-state index contributed by atoms with van der Waals surface area (Å²) in [6.07, 6.45) is 3.33. The van der Waals surface area contributed by atoms with Gasteiger partial charge in [-0.15, -0.1) is 0 Å². The molecule has 23 heavy (non-hydrogen) atoms. The van der Waals surface area contributed by atoms with E-state index < -0.39 is 23.7 Å². The summed E-state index contributed by atoms with van der Waals surface area (Å²) in [6.45, 7) is 7.63. The maximum Gasteiger partial charge on any atom is 0.407 e. The van der Waals surface area contributed by atoms with Crippen molar-refractivity contribution in [2.75, 3.05) is 6.61 Å². The van der Waals surface area contributed by atoms with Crippen molar-refractivity contribution in [2.24, 2.45) is 5.92 Å². The van der Waals surface area contributed by atoms with E-state index in [2.05, 4.69) is 5.32 Å². The molecular formula is C17H29NO5. The van der Waals surface area contributed by atoms with Crippen LogP contribution in [0, 0.1) is 5.92 Å². The van der Waals surface area contributed by atoms with Gasteiger partial charge >= 0.3 is 12.1 Å². The number of nitrogens with one attached hydrogen (secondary N) is 1. The van der Waals surface area contributed by atoms with Crippen molar-refractivity contribution >= 4 is 17.8 Å². The van der Waals surface area contributed by atoms with E-state index in [9.17, 15) is 14.4 Å². The molecule has 0 aliphatic heterocycles. The van der Waals surface area contributed by atoms with Crippen LogP contribution in [-0.2, 0) is 19.1 Å². The second kappa shape index (κ2) is 8.89. The molecule has 1 fully saturated rings. The van der Waals surface area contributed by atoms with Gasteiger partial charge in [0.25, 0.3) is 0 Å². The van der Waals surface area contributed by atoms with E-state index in [0.29, 0.717) is 25.9 Å². The molecule has 132 valence electrons. The van der Waals surface area contributed by atoms with Crippen molar-refractivity contribution in [3.63, 3.8) is 0 Å². The molecule has 0 aromatic heterocycles. The van der Waals surface area contributed by atoms with Crippen LogP contribution >= 0.6 is 0 Å². The third-order valence-corrected chi connectivity index (χ3v) is 3.66. The molecule has 1 saturated carbocycles. The SMILES string of the molecule is CCCCOC(=O)N[C@H](C(=O)OC(C)(C)C)[C@H]1CCCC(=O)C1. The Hall–Kier alpha value is -1.59. The summed E-state index contributed by atoms with van der Waals surface area (Å²) in [7, 11) is 0. The number of amides is 1. The Morgan fingerprint density at radius 1 is 1.35 bits per heavy atom. The molecule has 2 atom stereocenters. The molecular weight excluding hydrogens is 298 g/mol. The number of hydrogen-bond acceptors (Lipinski definition) is 5. The lowest BCUT2D eigenvalue weighted by Gasteiger charge is -2.31. The number of unbranched alkanes of at least 4 members (excludes halogenated alkanes) is 1. The largest absolute Gasteiger partial charge is 0.458 e. The van der Waals surface area contributed by atoms with Gasteiger partial charge in [0.15, 0.2) is 0 Å². The van der Waals surface area contributed by atoms with Crippen molar-refractivity contribution in [3.05, 3.63) is 0 Å². The van der Waals surface area contributed by atoms with Crippen molar-refractivity contribution in [1.29, 1.82) is 0 Å². The molecule has 0 radical (unpaired) electrons. The first kappa shape index (κ1) is 19.5. The van der Waals surface area contributed by atoms with Crippen LogP contribution in [0.4, 0.5) is 4.79 Å². The lowest BCUT2D eigenvalue weighted by Crippen LogP contribution is -2.50. The summed E-state index contributed by atoms with van der Waals surface area (Å²) >= 11 is 0. The van der Waals surface area contributed by atoms with E-state index in [4.69, 9.17) is 9.47 Å². The summed E-state index contributed by atoms with van der Waals surface area (Å²) in [4.78, 5) is 36.0. The molecule has 1 amide bonds. The second-order valence-corrected chi connectivity index (χ2v) is 7.04. The third kappa shape index (κ3) is 7.48. The Labute approximate surface area is 138 Å². The summed E-state index contributed by atoms with van der Waals surface area (Å²) in [6, 6.07) is -0.840. The van der Waals surface area contributed by atoms with Crippen LogP contribution in [0.1, 0.15) is 66.2 Å². The number of hydrogen-bond donors (Lipinski definition) is 1. The topological polar surface area (TPSA) is 81.7 Å². The maximum atomic E-state index is 12.4. The average Bonchev–Trinajstić information content (AvgIpc) is 2.43. The van der Waals surface area contributed by atoms with E-state index in [-0.39, 0.29) is 11.7 Å². The van der Waals surface area contributed by atoms with Crippen LogP contribution in [0.25, 0.3) is 0 Å². The van der Waals surface area contributed by atoms with Gasteiger partial charge in [0.1, 0.15) is 17.4 Å². The van der Waals surface area contributed by atoms with Gasteiger partial charge in [-0.05, 0) is 46.0 Å². The molecule has 0 heterocycles. The van der Waals surface area contributed by atoms with Gasteiger partial charge < -0.3 is 14.8 Å². The highest BCUT2D eigenvalue weighted by Gasteiger charge is 2.36. The number of carbonyl (C=O) groups is 3. The molecule has 0 spiro atoms. The minimum atomic E-state index is -0.840. The first-order chi connectivity index (χ1) is 10.7. The molecule has 1 N–H and O–H groups in total. The molecule has 0 aromatic carbocycles. The normalized spacial score (nSPS) is 19.8. The predicted molar refractivity (Wildman–Crippen MR) is 86.0 cm³/mol. The van der Waals surface area contributed by atoms with Crippen LogP contribution in [0.3, 0.4) is 0 Å². The zero-order chi connectivity index (χ0) is 17.5. The lowest BCUT2D eigenvalue weighted by molar-refractivity contribution is -0.159. The van der Waals surface area contributed by atoms with E-state index in [1.165, 1.54) is 0 Å². The van der Waals surface area contributed by atoms with Crippen molar-refractivity contribution in [1.82, 2.24) is 5.32 Å². The molecule has 0 aromatic rings. The van der Waals surface area contributed by atoms with Crippen LogP contribution in [0.15, 0.2) is 0 Å². The number of Topliss-reactive ketones (excluding diaryl/α,β-unsaturated/α-hetero) is 1. The highest BCUT2D eigenvalue weighted by Crippen LogP contribution is 2.26. The van der Waals surface area contributed by atoms with E-state index >= 15 is 0 Å². The van der Waals surface area contributed by atoms with Crippen LogP contribution in [0.2, 0.25) is 0 Å². The van der Waals surface area contributed by atoms with Gasteiger partial charge in [0.05, 0.1) is 6.61 Å².